The van der Waals surface area contributed by atoms with Crippen LogP contribution in [0.4, 0.5) is 0 Å². The molecule has 1 amide bonds. The molecular weight excluding hydrogens is 406 g/mol. The Balaban J connectivity index is 1.31. The number of hydrogen-bond acceptors (Lipinski definition) is 5. The van der Waals surface area contributed by atoms with E-state index in [0.717, 1.165) is 10.9 Å². The van der Waals surface area contributed by atoms with Crippen LogP contribution < -0.4 is 0 Å². The normalized spacial score (nSPS) is 15.3. The highest BCUT2D eigenvalue weighted by atomic mass is 32.2. The van der Waals surface area contributed by atoms with Crippen molar-refractivity contribution >= 4 is 32.8 Å². The number of H-pyrrole nitrogens is 1. The van der Waals surface area contributed by atoms with Crippen molar-refractivity contribution in [1.29, 1.82) is 0 Å². The molecule has 1 fully saturated rings. The summed E-state index contributed by atoms with van der Waals surface area (Å²) in [5.41, 5.74) is 1.09. The number of ether oxygens (including phenoxy) is 1. The Labute approximate surface area is 174 Å². The summed E-state index contributed by atoms with van der Waals surface area (Å²) in [6, 6.07) is 17.3. The molecule has 156 valence electrons. The van der Waals surface area contributed by atoms with Crippen molar-refractivity contribution in [3.63, 3.8) is 0 Å². The molecule has 0 saturated carbocycles. The smallest absolute Gasteiger partial charge is 0.355 e. The maximum absolute atomic E-state index is 12.7. The SMILES string of the molecule is O=C(OCC(=O)N1CCN(S(=O)(=O)c2ccccc2)CC1)c1cc2ccccc2[nH]1. The average molecular weight is 427 g/mol. The van der Waals surface area contributed by atoms with Gasteiger partial charge in [0, 0.05) is 37.1 Å². The fourth-order valence-electron chi connectivity index (χ4n) is 3.40. The van der Waals surface area contributed by atoms with Crippen LogP contribution in [0.15, 0.2) is 65.6 Å². The Hall–Kier alpha value is -3.17. The third kappa shape index (κ3) is 4.07. The molecule has 8 nitrogen and oxygen atoms in total. The van der Waals surface area contributed by atoms with Gasteiger partial charge in [0.1, 0.15) is 5.69 Å². The summed E-state index contributed by atoms with van der Waals surface area (Å²) in [4.78, 5) is 29.3. The number of rotatable bonds is 5. The van der Waals surface area contributed by atoms with Gasteiger partial charge >= 0.3 is 5.97 Å². The van der Waals surface area contributed by atoms with Crippen molar-refractivity contribution in [2.75, 3.05) is 32.8 Å². The molecule has 30 heavy (non-hydrogen) atoms. The summed E-state index contributed by atoms with van der Waals surface area (Å²) in [7, 11) is -3.58. The Morgan fingerprint density at radius 2 is 1.60 bits per heavy atom. The molecule has 0 atom stereocenters. The van der Waals surface area contributed by atoms with Gasteiger partial charge in [0.05, 0.1) is 4.90 Å². The van der Waals surface area contributed by atoms with E-state index in [1.807, 2.05) is 24.3 Å². The number of carbonyl (C=O) groups excluding carboxylic acids is 2. The van der Waals surface area contributed by atoms with Crippen molar-refractivity contribution in [2.45, 2.75) is 4.90 Å². The highest BCUT2D eigenvalue weighted by Crippen LogP contribution is 2.18. The van der Waals surface area contributed by atoms with Crippen molar-refractivity contribution in [3.05, 3.63) is 66.4 Å². The lowest BCUT2D eigenvalue weighted by molar-refractivity contribution is -0.135. The van der Waals surface area contributed by atoms with Crippen LogP contribution in [-0.4, -0.2) is 67.3 Å². The molecular formula is C21H21N3O5S. The molecule has 1 saturated heterocycles. The van der Waals surface area contributed by atoms with E-state index in [9.17, 15) is 18.0 Å². The number of esters is 1. The molecule has 1 aliphatic rings. The number of sulfonamides is 1. The van der Waals surface area contributed by atoms with Gasteiger partial charge in [0.15, 0.2) is 6.61 Å². The van der Waals surface area contributed by atoms with E-state index >= 15 is 0 Å². The highest BCUT2D eigenvalue weighted by molar-refractivity contribution is 7.89. The lowest BCUT2D eigenvalue weighted by Gasteiger charge is -2.33. The molecule has 0 unspecified atom stereocenters. The van der Waals surface area contributed by atoms with Gasteiger partial charge in [-0.15, -0.1) is 0 Å². The first-order valence-electron chi connectivity index (χ1n) is 9.53. The van der Waals surface area contributed by atoms with Gasteiger partial charge in [0.2, 0.25) is 10.0 Å². The van der Waals surface area contributed by atoms with Crippen LogP contribution in [0, 0.1) is 0 Å². The predicted octanol–water partition coefficient (Wildman–Crippen LogP) is 1.86. The van der Waals surface area contributed by atoms with Crippen molar-refractivity contribution < 1.29 is 22.7 Å². The molecule has 0 bridgehead atoms. The molecule has 3 aromatic rings. The quantitative estimate of drug-likeness (QED) is 0.627. The van der Waals surface area contributed by atoms with Crippen LogP contribution in [0.5, 0.6) is 0 Å². The van der Waals surface area contributed by atoms with Crippen LogP contribution in [0.3, 0.4) is 0 Å². The maximum atomic E-state index is 12.7. The first kappa shape index (κ1) is 20.1. The molecule has 1 N–H and O–H groups in total. The number of benzene rings is 2. The highest BCUT2D eigenvalue weighted by Gasteiger charge is 2.30. The zero-order valence-electron chi connectivity index (χ0n) is 16.2. The number of aromatic nitrogens is 1. The van der Waals surface area contributed by atoms with E-state index in [1.54, 1.807) is 36.4 Å². The minimum atomic E-state index is -3.58. The van der Waals surface area contributed by atoms with Crippen LogP contribution in [0.25, 0.3) is 10.9 Å². The Morgan fingerprint density at radius 1 is 0.933 bits per heavy atom. The number of nitrogens with one attached hydrogen (secondary N) is 1. The van der Waals surface area contributed by atoms with Crippen molar-refractivity contribution in [2.24, 2.45) is 0 Å². The minimum absolute atomic E-state index is 0.193. The van der Waals surface area contributed by atoms with E-state index in [0.29, 0.717) is 0 Å². The van der Waals surface area contributed by atoms with Gasteiger partial charge in [-0.2, -0.15) is 4.31 Å². The van der Waals surface area contributed by atoms with Crippen LogP contribution in [0.2, 0.25) is 0 Å². The summed E-state index contributed by atoms with van der Waals surface area (Å²) >= 11 is 0. The standard InChI is InChI=1S/C21H21N3O5S/c25-20(15-29-21(26)19-14-16-6-4-5-9-18(16)22-19)23-10-12-24(13-11-23)30(27,28)17-7-2-1-3-8-17/h1-9,14,22H,10-13,15H2. The summed E-state index contributed by atoms with van der Waals surface area (Å²) in [5.74, 6) is -0.957. The minimum Gasteiger partial charge on any atom is -0.451 e. The van der Waals surface area contributed by atoms with Crippen LogP contribution >= 0.6 is 0 Å². The first-order valence-corrected chi connectivity index (χ1v) is 11.0. The van der Waals surface area contributed by atoms with Gasteiger partial charge in [-0.05, 0) is 24.3 Å². The number of amides is 1. The van der Waals surface area contributed by atoms with Gasteiger partial charge in [-0.3, -0.25) is 4.79 Å². The Kier molecular flexibility index (Phi) is 5.56. The second-order valence-corrected chi connectivity index (χ2v) is 8.88. The van der Waals surface area contributed by atoms with Crippen LogP contribution in [0.1, 0.15) is 10.5 Å². The average Bonchev–Trinajstić information content (AvgIpc) is 3.22. The number of hydrogen-bond donors (Lipinski definition) is 1. The monoisotopic (exact) mass is 427 g/mol. The van der Waals surface area contributed by atoms with E-state index < -0.39 is 16.0 Å². The molecule has 0 aliphatic carbocycles. The zero-order valence-corrected chi connectivity index (χ0v) is 17.0. The Morgan fingerprint density at radius 3 is 2.30 bits per heavy atom. The Bertz CT molecular complexity index is 1130. The number of piperazine rings is 1. The molecule has 2 heterocycles. The number of carbonyl (C=O) groups is 2. The topological polar surface area (TPSA) is 99.8 Å². The second-order valence-electron chi connectivity index (χ2n) is 6.94. The predicted molar refractivity (Wildman–Crippen MR) is 110 cm³/mol. The van der Waals surface area contributed by atoms with E-state index in [1.165, 1.54) is 9.21 Å². The zero-order chi connectivity index (χ0) is 21.1. The van der Waals surface area contributed by atoms with Crippen molar-refractivity contribution in [3.8, 4) is 0 Å². The maximum Gasteiger partial charge on any atom is 0.355 e. The largest absolute Gasteiger partial charge is 0.451 e. The van der Waals surface area contributed by atoms with Gasteiger partial charge in [-0.25, -0.2) is 13.2 Å². The third-order valence-electron chi connectivity index (χ3n) is 5.05. The molecule has 1 aliphatic heterocycles. The first-order chi connectivity index (χ1) is 14.4. The summed E-state index contributed by atoms with van der Waals surface area (Å²) in [6.45, 7) is 0.487. The summed E-state index contributed by atoms with van der Waals surface area (Å²) in [6.07, 6.45) is 0. The van der Waals surface area contributed by atoms with Gasteiger partial charge in [-0.1, -0.05) is 36.4 Å². The number of aromatic amines is 1. The van der Waals surface area contributed by atoms with E-state index in [-0.39, 0.29) is 49.3 Å². The molecule has 2 aromatic carbocycles. The lowest BCUT2D eigenvalue weighted by Crippen LogP contribution is -2.51. The molecule has 4 rings (SSSR count). The van der Waals surface area contributed by atoms with Crippen LogP contribution in [-0.2, 0) is 19.6 Å². The molecule has 0 radical (unpaired) electrons. The second kappa shape index (κ2) is 8.29. The van der Waals surface area contributed by atoms with Gasteiger partial charge < -0.3 is 14.6 Å². The molecule has 1 aromatic heterocycles. The van der Waals surface area contributed by atoms with E-state index in [2.05, 4.69) is 4.98 Å². The fraction of sp³-hybridized carbons (Fsp3) is 0.238. The number of fused-ring (bicyclic) bond motifs is 1. The summed E-state index contributed by atoms with van der Waals surface area (Å²) < 4.78 is 31.8. The third-order valence-corrected chi connectivity index (χ3v) is 6.96. The van der Waals surface area contributed by atoms with Gasteiger partial charge in [0.25, 0.3) is 5.91 Å². The number of nitrogens with zero attached hydrogens (tertiary/aromatic N) is 2. The molecule has 0 spiro atoms. The molecule has 9 heteroatoms. The lowest BCUT2D eigenvalue weighted by atomic mass is 10.2. The summed E-state index contributed by atoms with van der Waals surface area (Å²) in [5, 5.41) is 0.881. The number of para-hydroxylation sites is 1. The van der Waals surface area contributed by atoms with Crippen molar-refractivity contribution in [1.82, 2.24) is 14.2 Å². The fourth-order valence-corrected chi connectivity index (χ4v) is 4.84. The van der Waals surface area contributed by atoms with E-state index in [4.69, 9.17) is 4.74 Å².